The van der Waals surface area contributed by atoms with Gasteiger partial charge in [-0.05, 0) is 85.6 Å². The van der Waals surface area contributed by atoms with Gasteiger partial charge in [0.05, 0.1) is 10.6 Å². The zero-order valence-corrected chi connectivity index (χ0v) is 18.8. The summed E-state index contributed by atoms with van der Waals surface area (Å²) in [5.41, 5.74) is 6.28. The van der Waals surface area contributed by atoms with Crippen molar-refractivity contribution in [3.63, 3.8) is 0 Å². The van der Waals surface area contributed by atoms with Crippen LogP contribution in [-0.4, -0.2) is 27.6 Å². The average molecular weight is 434 g/mol. The summed E-state index contributed by atoms with van der Waals surface area (Å²) in [6.45, 7) is 6.31. The van der Waals surface area contributed by atoms with E-state index in [0.717, 1.165) is 23.4 Å². The maximum absolute atomic E-state index is 13.2. The van der Waals surface area contributed by atoms with E-state index < -0.39 is 0 Å². The van der Waals surface area contributed by atoms with Crippen LogP contribution in [-0.2, 0) is 11.2 Å². The second kappa shape index (κ2) is 8.55. The fourth-order valence-electron chi connectivity index (χ4n) is 3.75. The van der Waals surface area contributed by atoms with E-state index in [1.165, 1.54) is 40.0 Å². The van der Waals surface area contributed by atoms with E-state index in [9.17, 15) is 9.18 Å². The van der Waals surface area contributed by atoms with Crippen LogP contribution >= 0.6 is 11.8 Å². The Morgan fingerprint density at radius 3 is 2.52 bits per heavy atom. The van der Waals surface area contributed by atoms with Crippen LogP contribution in [0.15, 0.2) is 64.5 Å². The molecular formula is C25H24FN3OS. The summed E-state index contributed by atoms with van der Waals surface area (Å²) < 4.78 is 15.4. The normalized spacial score (nSPS) is 16.7. The Kier molecular flexibility index (Phi) is 5.83. The summed E-state index contributed by atoms with van der Waals surface area (Å²) >= 11 is 1.33. The van der Waals surface area contributed by atoms with Gasteiger partial charge in [-0.1, -0.05) is 25.1 Å². The van der Waals surface area contributed by atoms with Gasteiger partial charge in [-0.2, -0.15) is 0 Å². The van der Waals surface area contributed by atoms with E-state index in [4.69, 9.17) is 0 Å². The Balaban J connectivity index is 1.69. The van der Waals surface area contributed by atoms with Crippen molar-refractivity contribution in [2.75, 3.05) is 7.05 Å². The molecule has 0 aliphatic carbocycles. The number of amidine groups is 1. The molecule has 1 saturated heterocycles. The van der Waals surface area contributed by atoms with Crippen LogP contribution in [0.5, 0.6) is 0 Å². The van der Waals surface area contributed by atoms with Crippen LogP contribution in [0.1, 0.15) is 29.4 Å². The molecule has 2 heterocycles. The molecule has 0 N–H and O–H groups in total. The number of benzene rings is 2. The van der Waals surface area contributed by atoms with Crippen molar-refractivity contribution in [3.05, 3.63) is 87.8 Å². The largest absolute Gasteiger partial charge is 0.318 e. The Morgan fingerprint density at radius 2 is 1.81 bits per heavy atom. The quantitative estimate of drug-likeness (QED) is 0.471. The molecule has 0 radical (unpaired) electrons. The summed E-state index contributed by atoms with van der Waals surface area (Å²) in [4.78, 5) is 19.5. The maximum atomic E-state index is 13.2. The fraction of sp³-hybridized carbons (Fsp3) is 0.200. The predicted molar refractivity (Wildman–Crippen MR) is 126 cm³/mol. The number of halogens is 1. The number of nitrogens with zero attached hydrogens (tertiary/aromatic N) is 3. The number of para-hydroxylation sites is 1. The summed E-state index contributed by atoms with van der Waals surface area (Å²) in [6, 6.07) is 16.4. The lowest BCUT2D eigenvalue weighted by Gasteiger charge is -2.14. The number of likely N-dealkylation sites (N-methyl/N-ethyl adjacent to an activating group) is 1. The molecule has 1 aliphatic rings. The van der Waals surface area contributed by atoms with Crippen molar-refractivity contribution < 1.29 is 9.18 Å². The van der Waals surface area contributed by atoms with Crippen LogP contribution in [0.4, 0.5) is 10.1 Å². The number of carbonyl (C=O) groups is 1. The first-order chi connectivity index (χ1) is 14.9. The van der Waals surface area contributed by atoms with E-state index in [2.05, 4.69) is 60.7 Å². The zero-order chi connectivity index (χ0) is 22.1. The SMILES string of the molecule is CCc1ccccc1-n1c(C)cc(/C=C2\SC(=Nc3ccc(F)cc3)N(C)C2=O)c1C. The van der Waals surface area contributed by atoms with Crippen molar-refractivity contribution in [2.45, 2.75) is 27.2 Å². The number of aliphatic imine (C=N–C) groups is 1. The van der Waals surface area contributed by atoms with Crippen molar-refractivity contribution in [3.8, 4) is 5.69 Å². The number of carbonyl (C=O) groups excluding carboxylic acids is 1. The third-order valence-electron chi connectivity index (χ3n) is 5.43. The molecule has 4 rings (SSSR count). The van der Waals surface area contributed by atoms with E-state index in [1.54, 1.807) is 19.2 Å². The lowest BCUT2D eigenvalue weighted by Crippen LogP contribution is -2.23. The Morgan fingerprint density at radius 1 is 1.10 bits per heavy atom. The molecule has 0 spiro atoms. The fourth-order valence-corrected chi connectivity index (χ4v) is 4.73. The number of amides is 1. The molecule has 0 bridgehead atoms. The van der Waals surface area contributed by atoms with Crippen LogP contribution in [0.3, 0.4) is 0 Å². The third-order valence-corrected chi connectivity index (χ3v) is 6.49. The van der Waals surface area contributed by atoms with Gasteiger partial charge < -0.3 is 4.57 Å². The van der Waals surface area contributed by atoms with Gasteiger partial charge in [0.25, 0.3) is 5.91 Å². The first-order valence-electron chi connectivity index (χ1n) is 10.2. The Labute approximate surface area is 186 Å². The highest BCUT2D eigenvalue weighted by Crippen LogP contribution is 2.34. The van der Waals surface area contributed by atoms with Crippen LogP contribution in [0.2, 0.25) is 0 Å². The van der Waals surface area contributed by atoms with E-state index in [-0.39, 0.29) is 11.7 Å². The number of hydrogen-bond acceptors (Lipinski definition) is 3. The molecule has 6 heteroatoms. The van der Waals surface area contributed by atoms with Crippen molar-refractivity contribution >= 4 is 34.6 Å². The monoisotopic (exact) mass is 433 g/mol. The second-order valence-electron chi connectivity index (χ2n) is 7.49. The van der Waals surface area contributed by atoms with Crippen LogP contribution in [0, 0.1) is 19.7 Å². The summed E-state index contributed by atoms with van der Waals surface area (Å²) in [7, 11) is 1.71. The highest BCUT2D eigenvalue weighted by molar-refractivity contribution is 8.18. The molecule has 1 amide bonds. The minimum atomic E-state index is -0.312. The molecule has 4 nitrogen and oxygen atoms in total. The number of hydrogen-bond donors (Lipinski definition) is 0. The number of rotatable bonds is 4. The minimum absolute atomic E-state index is 0.0929. The van der Waals surface area contributed by atoms with Gasteiger partial charge >= 0.3 is 0 Å². The van der Waals surface area contributed by atoms with Gasteiger partial charge in [-0.3, -0.25) is 9.69 Å². The lowest BCUT2D eigenvalue weighted by atomic mass is 10.1. The first-order valence-corrected chi connectivity index (χ1v) is 11.0. The molecule has 0 atom stereocenters. The van der Waals surface area contributed by atoms with Crippen molar-refractivity contribution in [1.82, 2.24) is 9.47 Å². The average Bonchev–Trinajstić information content (AvgIpc) is 3.19. The summed E-state index contributed by atoms with van der Waals surface area (Å²) in [5, 5.41) is 0.577. The smallest absolute Gasteiger partial charge is 0.266 e. The Hall–Kier alpha value is -3.12. The first kappa shape index (κ1) is 21.1. The van der Waals surface area contributed by atoms with Gasteiger partial charge in [-0.15, -0.1) is 0 Å². The third kappa shape index (κ3) is 4.08. The number of aryl methyl sites for hydroxylation is 2. The molecule has 0 unspecified atom stereocenters. The Bertz CT molecular complexity index is 1210. The van der Waals surface area contributed by atoms with Gasteiger partial charge in [-0.25, -0.2) is 9.38 Å². The predicted octanol–water partition coefficient (Wildman–Crippen LogP) is 6.03. The van der Waals surface area contributed by atoms with Crippen molar-refractivity contribution in [2.24, 2.45) is 4.99 Å². The van der Waals surface area contributed by atoms with Gasteiger partial charge in [0.1, 0.15) is 5.82 Å². The van der Waals surface area contributed by atoms with Gasteiger partial charge in [0, 0.05) is 24.1 Å². The summed E-state index contributed by atoms with van der Waals surface area (Å²) in [6.07, 6.45) is 2.88. The van der Waals surface area contributed by atoms with Gasteiger partial charge in [0.15, 0.2) is 5.17 Å². The van der Waals surface area contributed by atoms with E-state index in [1.807, 2.05) is 6.08 Å². The van der Waals surface area contributed by atoms with Crippen molar-refractivity contribution in [1.29, 1.82) is 0 Å². The molecule has 158 valence electrons. The molecule has 3 aromatic rings. The maximum Gasteiger partial charge on any atom is 0.266 e. The van der Waals surface area contributed by atoms with E-state index >= 15 is 0 Å². The van der Waals surface area contributed by atoms with Crippen LogP contribution < -0.4 is 0 Å². The highest BCUT2D eigenvalue weighted by Gasteiger charge is 2.30. The molecule has 2 aromatic carbocycles. The molecule has 0 saturated carbocycles. The molecular weight excluding hydrogens is 409 g/mol. The molecule has 1 aliphatic heterocycles. The highest BCUT2D eigenvalue weighted by atomic mass is 32.2. The number of aromatic nitrogens is 1. The molecule has 1 aromatic heterocycles. The molecule has 1 fully saturated rings. The topological polar surface area (TPSA) is 37.6 Å². The number of thioether (sulfide) groups is 1. The second-order valence-corrected chi connectivity index (χ2v) is 8.50. The van der Waals surface area contributed by atoms with Gasteiger partial charge in [0.2, 0.25) is 0 Å². The molecule has 31 heavy (non-hydrogen) atoms. The lowest BCUT2D eigenvalue weighted by molar-refractivity contribution is -0.121. The minimum Gasteiger partial charge on any atom is -0.318 e. The standard InChI is InChI=1S/C25H24FN3OS/c1-5-18-8-6-7-9-22(18)29-16(2)14-19(17(29)3)15-23-24(30)28(4)25(31-23)27-21-12-10-20(26)11-13-21/h6-15H,5H2,1-4H3/b23-15-,27-25?. The summed E-state index contributed by atoms with van der Waals surface area (Å²) in [5.74, 6) is -0.405. The zero-order valence-electron chi connectivity index (χ0n) is 18.0. The van der Waals surface area contributed by atoms with Crippen LogP contribution in [0.25, 0.3) is 11.8 Å². The van der Waals surface area contributed by atoms with E-state index in [0.29, 0.717) is 15.8 Å².